The lowest BCUT2D eigenvalue weighted by molar-refractivity contribution is 0.829. The Morgan fingerprint density at radius 1 is 1.38 bits per heavy atom. The maximum absolute atomic E-state index is 11.3. The molecule has 0 aliphatic carbocycles. The van der Waals surface area contributed by atoms with Crippen molar-refractivity contribution in [2.24, 2.45) is 14.1 Å². The van der Waals surface area contributed by atoms with E-state index in [1.165, 1.54) is 10.9 Å². The maximum atomic E-state index is 11.3. The molecule has 2 aromatic heterocycles. The molecule has 13 heavy (non-hydrogen) atoms. The van der Waals surface area contributed by atoms with Gasteiger partial charge in [0.25, 0.3) is 5.56 Å². The zero-order valence-electron chi connectivity index (χ0n) is 7.24. The maximum Gasteiger partial charge on any atom is 0.329 e. The average molecular weight is 182 g/mol. The molecule has 0 saturated carbocycles. The molecule has 0 saturated heterocycles. The van der Waals surface area contributed by atoms with Gasteiger partial charge >= 0.3 is 5.69 Å². The number of hydrogen-bond donors (Lipinski definition) is 1. The lowest BCUT2D eigenvalue weighted by Crippen LogP contribution is -2.28. The summed E-state index contributed by atoms with van der Waals surface area (Å²) in [6.45, 7) is 0. The first-order chi connectivity index (χ1) is 6.11. The summed E-state index contributed by atoms with van der Waals surface area (Å²) in [6, 6.07) is 0. The molecule has 2 aromatic rings. The van der Waals surface area contributed by atoms with E-state index in [2.05, 4.69) is 9.97 Å². The fraction of sp³-hybridized carbons (Fsp3) is 0.286. The minimum atomic E-state index is -0.448. The lowest BCUT2D eigenvalue weighted by Gasteiger charge is -1.97. The Morgan fingerprint density at radius 2 is 2.08 bits per heavy atom. The van der Waals surface area contributed by atoms with Crippen LogP contribution < -0.4 is 11.2 Å². The van der Waals surface area contributed by atoms with Crippen molar-refractivity contribution in [3.05, 3.63) is 27.2 Å². The van der Waals surface area contributed by atoms with E-state index in [0.29, 0.717) is 11.2 Å². The third kappa shape index (κ3) is 0.915. The molecule has 1 N–H and O–H groups in total. The lowest BCUT2D eigenvalue weighted by atomic mass is 10.5. The SMILES string of the molecule is [13CH3]n1cnc2c1c(=O)[nH]c(=O)n2[13CH3]. The molecule has 0 aliphatic rings. The van der Waals surface area contributed by atoms with Crippen molar-refractivity contribution >= 4 is 11.2 Å². The number of H-pyrrole nitrogens is 1. The summed E-state index contributed by atoms with van der Waals surface area (Å²) in [7, 11) is 3.27. The third-order valence-corrected chi connectivity index (χ3v) is 1.98. The zero-order valence-corrected chi connectivity index (χ0v) is 7.24. The zero-order chi connectivity index (χ0) is 9.59. The Kier molecular flexibility index (Phi) is 1.39. The van der Waals surface area contributed by atoms with Crippen LogP contribution in [0.3, 0.4) is 0 Å². The Labute approximate surface area is 72.5 Å². The summed E-state index contributed by atoms with van der Waals surface area (Å²) < 4.78 is 2.88. The first-order valence-electron chi connectivity index (χ1n) is 3.71. The molecule has 0 bridgehead atoms. The van der Waals surface area contributed by atoms with Crippen molar-refractivity contribution < 1.29 is 0 Å². The van der Waals surface area contributed by atoms with Crippen molar-refractivity contribution in [2.75, 3.05) is 0 Å². The summed E-state index contributed by atoms with van der Waals surface area (Å²) in [4.78, 5) is 28.6. The molecule has 0 aliphatic heterocycles. The number of hydrogen-bond acceptors (Lipinski definition) is 3. The molecule has 6 nitrogen and oxygen atoms in total. The van der Waals surface area contributed by atoms with Crippen molar-refractivity contribution in [1.82, 2.24) is 19.1 Å². The molecule has 2 rings (SSSR count). The van der Waals surface area contributed by atoms with Crippen molar-refractivity contribution in [3.63, 3.8) is 0 Å². The highest BCUT2D eigenvalue weighted by Gasteiger charge is 2.08. The van der Waals surface area contributed by atoms with Gasteiger partial charge in [-0.25, -0.2) is 9.78 Å². The number of aromatic amines is 1. The van der Waals surface area contributed by atoms with Gasteiger partial charge in [-0.1, -0.05) is 0 Å². The number of rotatable bonds is 0. The van der Waals surface area contributed by atoms with Crippen molar-refractivity contribution in [2.45, 2.75) is 0 Å². The number of aromatic nitrogens is 4. The number of nitrogens with one attached hydrogen (secondary N) is 1. The Hall–Kier alpha value is -1.85. The predicted molar refractivity (Wildman–Crippen MR) is 46.6 cm³/mol. The Balaban J connectivity index is 3.18. The normalized spacial score (nSPS) is 10.9. The van der Waals surface area contributed by atoms with Crippen LogP contribution in [0.15, 0.2) is 15.9 Å². The Morgan fingerprint density at radius 3 is 2.77 bits per heavy atom. The van der Waals surface area contributed by atoms with Crippen LogP contribution in [0.1, 0.15) is 0 Å². The molecule has 0 radical (unpaired) electrons. The van der Waals surface area contributed by atoms with Gasteiger partial charge in [-0.15, -0.1) is 0 Å². The van der Waals surface area contributed by atoms with Crippen LogP contribution in [0, 0.1) is 0 Å². The molecule has 6 heteroatoms. The highest BCUT2D eigenvalue weighted by atomic mass is 16.2. The number of fused-ring (bicyclic) bond motifs is 1. The van der Waals surface area contributed by atoms with E-state index in [0.717, 1.165) is 0 Å². The van der Waals surface area contributed by atoms with Crippen molar-refractivity contribution in [1.29, 1.82) is 0 Å². The fourth-order valence-corrected chi connectivity index (χ4v) is 1.26. The second kappa shape index (κ2) is 2.32. The second-order valence-corrected chi connectivity index (χ2v) is 2.85. The molecule has 0 aromatic carbocycles. The highest BCUT2D eigenvalue weighted by molar-refractivity contribution is 5.69. The van der Waals surface area contributed by atoms with Crippen LogP contribution >= 0.6 is 0 Å². The minimum absolute atomic E-state index is 0.399. The van der Waals surface area contributed by atoms with E-state index in [1.54, 1.807) is 18.7 Å². The monoisotopic (exact) mass is 182 g/mol. The molecule has 0 atom stereocenters. The number of aryl methyl sites for hydroxylation is 2. The predicted octanol–water partition coefficient (Wildman–Crippen LogP) is -1.04. The largest absolute Gasteiger partial charge is 0.329 e. The van der Waals surface area contributed by atoms with Gasteiger partial charge in [-0.3, -0.25) is 14.3 Å². The first-order valence-corrected chi connectivity index (χ1v) is 3.71. The van der Waals surface area contributed by atoms with Crippen molar-refractivity contribution in [3.8, 4) is 0 Å². The standard InChI is InChI=1S/C7H8N4O2/c1-10-3-8-5-4(10)6(12)9-7(13)11(5)2/h3H,1-2H3,(H,9,12,13)/i1+1,2+1. The van der Waals surface area contributed by atoms with E-state index < -0.39 is 11.2 Å². The van der Waals surface area contributed by atoms with E-state index in [9.17, 15) is 9.59 Å². The average Bonchev–Trinajstić information content (AvgIpc) is 2.44. The first kappa shape index (κ1) is 7.78. The minimum Gasteiger partial charge on any atom is -0.328 e. The van der Waals surface area contributed by atoms with Gasteiger partial charge in [-0.05, 0) is 0 Å². The third-order valence-electron chi connectivity index (χ3n) is 1.98. The summed E-state index contributed by atoms with van der Waals surface area (Å²) in [5.74, 6) is 0. The number of imidazole rings is 1. The van der Waals surface area contributed by atoms with Crippen LogP contribution in [0.2, 0.25) is 0 Å². The molecule has 68 valence electrons. The van der Waals surface area contributed by atoms with Gasteiger partial charge in [0.1, 0.15) is 0 Å². The highest BCUT2D eigenvalue weighted by Crippen LogP contribution is 2.00. The van der Waals surface area contributed by atoms with Gasteiger partial charge in [0.15, 0.2) is 11.2 Å². The van der Waals surface area contributed by atoms with Gasteiger partial charge in [0.2, 0.25) is 0 Å². The quantitative estimate of drug-likeness (QED) is 0.529. The van der Waals surface area contributed by atoms with Gasteiger partial charge < -0.3 is 4.57 Å². The van der Waals surface area contributed by atoms with E-state index in [1.807, 2.05) is 0 Å². The summed E-state index contributed by atoms with van der Waals surface area (Å²) in [5, 5.41) is 0. The summed E-state index contributed by atoms with van der Waals surface area (Å²) >= 11 is 0. The summed E-state index contributed by atoms with van der Waals surface area (Å²) in [6.07, 6.45) is 1.50. The molecule has 0 amide bonds. The Bertz CT molecular complexity index is 574. The van der Waals surface area contributed by atoms with E-state index in [4.69, 9.17) is 0 Å². The molecular weight excluding hydrogens is 174 g/mol. The van der Waals surface area contributed by atoms with Gasteiger partial charge in [0.05, 0.1) is 6.33 Å². The smallest absolute Gasteiger partial charge is 0.328 e. The van der Waals surface area contributed by atoms with E-state index >= 15 is 0 Å². The molecule has 0 fully saturated rings. The van der Waals surface area contributed by atoms with Crippen LogP contribution in [0.4, 0.5) is 0 Å². The van der Waals surface area contributed by atoms with Gasteiger partial charge in [-0.2, -0.15) is 0 Å². The van der Waals surface area contributed by atoms with Crippen LogP contribution in [0.25, 0.3) is 11.2 Å². The van der Waals surface area contributed by atoms with Gasteiger partial charge in [0, 0.05) is 14.1 Å². The number of nitrogens with zero attached hydrogens (tertiary/aromatic N) is 3. The van der Waals surface area contributed by atoms with Crippen LogP contribution in [-0.4, -0.2) is 19.1 Å². The fourth-order valence-electron chi connectivity index (χ4n) is 1.26. The topological polar surface area (TPSA) is 72.7 Å². The second-order valence-electron chi connectivity index (χ2n) is 2.85. The molecule has 2 heterocycles. The van der Waals surface area contributed by atoms with Crippen LogP contribution in [-0.2, 0) is 14.1 Å². The summed E-state index contributed by atoms with van der Waals surface area (Å²) in [5.41, 5.74) is -0.0485. The molecular formula is C7H8N4O2. The molecule has 0 unspecified atom stereocenters. The van der Waals surface area contributed by atoms with E-state index in [-0.39, 0.29) is 0 Å². The van der Waals surface area contributed by atoms with Crippen LogP contribution in [0.5, 0.6) is 0 Å². The molecule has 0 spiro atoms.